The summed E-state index contributed by atoms with van der Waals surface area (Å²) in [6.45, 7) is 5.64. The van der Waals surface area contributed by atoms with E-state index in [0.717, 1.165) is 11.1 Å². The van der Waals surface area contributed by atoms with Gasteiger partial charge in [-0.3, -0.25) is 19.5 Å². The molecule has 0 spiro atoms. The van der Waals surface area contributed by atoms with Crippen LogP contribution in [0.1, 0.15) is 15.9 Å². The van der Waals surface area contributed by atoms with Crippen LogP contribution in [0.5, 0.6) is 5.75 Å². The lowest BCUT2D eigenvalue weighted by atomic mass is 10.1. The monoisotopic (exact) mass is 498 g/mol. The number of anilines is 1. The van der Waals surface area contributed by atoms with E-state index in [2.05, 4.69) is 16.9 Å². The van der Waals surface area contributed by atoms with Crippen LogP contribution in [0.25, 0.3) is 16.9 Å². The first-order chi connectivity index (χ1) is 17.9. The normalized spacial score (nSPS) is 10.6. The molecule has 8 heteroatoms. The summed E-state index contributed by atoms with van der Waals surface area (Å²) in [6.07, 6.45) is 3.32. The molecule has 188 valence electrons. The zero-order valence-electron chi connectivity index (χ0n) is 20.6. The molecule has 0 saturated carbocycles. The van der Waals surface area contributed by atoms with Crippen LogP contribution in [0.3, 0.4) is 0 Å². The molecule has 37 heavy (non-hydrogen) atoms. The van der Waals surface area contributed by atoms with Crippen molar-refractivity contribution in [3.05, 3.63) is 109 Å². The van der Waals surface area contributed by atoms with Crippen molar-refractivity contribution in [2.24, 2.45) is 0 Å². The second-order valence-electron chi connectivity index (χ2n) is 8.41. The number of rotatable bonds is 9. The molecule has 0 radical (unpaired) electrons. The molecule has 4 rings (SSSR count). The van der Waals surface area contributed by atoms with Gasteiger partial charge in [0.15, 0.2) is 0 Å². The molecule has 0 aliphatic carbocycles. The minimum Gasteiger partial charge on any atom is -0.497 e. The first kappa shape index (κ1) is 25.4. The number of halogens is 1. The molecule has 0 unspecified atom stereocenters. The highest BCUT2D eigenvalue weighted by Crippen LogP contribution is 2.26. The quantitative estimate of drug-likeness (QED) is 0.319. The van der Waals surface area contributed by atoms with E-state index >= 15 is 0 Å². The van der Waals surface area contributed by atoms with Gasteiger partial charge in [-0.25, -0.2) is 9.37 Å². The van der Waals surface area contributed by atoms with Gasteiger partial charge >= 0.3 is 0 Å². The van der Waals surface area contributed by atoms with E-state index in [1.165, 1.54) is 17.0 Å². The summed E-state index contributed by atoms with van der Waals surface area (Å²) in [5.74, 6) is -0.146. The number of benzene rings is 3. The zero-order chi connectivity index (χ0) is 26.4. The highest BCUT2D eigenvalue weighted by Gasteiger charge is 2.20. The van der Waals surface area contributed by atoms with Gasteiger partial charge in [0.05, 0.1) is 12.8 Å². The van der Waals surface area contributed by atoms with Crippen LogP contribution in [0.2, 0.25) is 0 Å². The van der Waals surface area contributed by atoms with Gasteiger partial charge in [0.2, 0.25) is 11.9 Å². The van der Waals surface area contributed by atoms with Gasteiger partial charge in [-0.2, -0.15) is 0 Å². The van der Waals surface area contributed by atoms with Crippen LogP contribution in [0.15, 0.2) is 91.6 Å². The summed E-state index contributed by atoms with van der Waals surface area (Å²) in [5.41, 5.74) is 3.53. The fourth-order valence-electron chi connectivity index (χ4n) is 3.76. The third-order valence-corrected chi connectivity index (χ3v) is 5.72. The van der Waals surface area contributed by atoms with E-state index in [1.54, 1.807) is 48.2 Å². The Hall–Kier alpha value is -4.72. The Morgan fingerprint density at radius 2 is 1.73 bits per heavy atom. The van der Waals surface area contributed by atoms with E-state index in [4.69, 9.17) is 4.74 Å². The Balaban J connectivity index is 1.60. The number of hydrogen-bond acceptors (Lipinski definition) is 4. The number of carbonyl (C=O) groups is 2. The van der Waals surface area contributed by atoms with Gasteiger partial charge < -0.3 is 9.64 Å². The second-order valence-corrected chi connectivity index (χ2v) is 8.41. The van der Waals surface area contributed by atoms with Gasteiger partial charge in [0.1, 0.15) is 18.1 Å². The molecule has 0 aliphatic rings. The standard InChI is InChI=1S/C29H27FN4O3/c1-4-17-33(28(36)22-7-5-20(2)6-8-22)19-27(35)32-29-31-26(21-9-15-25(37-3)16-10-21)18-34(29)24-13-11-23(30)12-14-24/h4-16,18H,1,17,19H2,2-3H3,(H,31,32,35). The molecule has 7 nitrogen and oxygen atoms in total. The number of ether oxygens (including phenoxy) is 1. The number of aryl methyl sites for hydroxylation is 1. The predicted octanol–water partition coefficient (Wildman–Crippen LogP) is 5.26. The van der Waals surface area contributed by atoms with Gasteiger partial charge in [-0.15, -0.1) is 6.58 Å². The average molecular weight is 499 g/mol. The Morgan fingerprint density at radius 3 is 2.35 bits per heavy atom. The summed E-state index contributed by atoms with van der Waals surface area (Å²) >= 11 is 0. The topological polar surface area (TPSA) is 76.5 Å². The fourth-order valence-corrected chi connectivity index (χ4v) is 3.76. The molecule has 4 aromatic rings. The molecular weight excluding hydrogens is 471 g/mol. The summed E-state index contributed by atoms with van der Waals surface area (Å²) in [7, 11) is 1.59. The lowest BCUT2D eigenvalue weighted by Crippen LogP contribution is -2.38. The van der Waals surface area contributed by atoms with Crippen molar-refractivity contribution >= 4 is 17.8 Å². The molecule has 1 heterocycles. The highest BCUT2D eigenvalue weighted by molar-refractivity contribution is 5.99. The van der Waals surface area contributed by atoms with Crippen LogP contribution in [-0.2, 0) is 4.79 Å². The van der Waals surface area contributed by atoms with Crippen molar-refractivity contribution in [3.8, 4) is 22.7 Å². The molecule has 0 fully saturated rings. The maximum absolute atomic E-state index is 13.6. The van der Waals surface area contributed by atoms with Crippen molar-refractivity contribution in [3.63, 3.8) is 0 Å². The van der Waals surface area contributed by atoms with Crippen molar-refractivity contribution in [2.75, 3.05) is 25.5 Å². The van der Waals surface area contributed by atoms with Crippen LogP contribution >= 0.6 is 0 Å². The number of nitrogens with one attached hydrogen (secondary N) is 1. The van der Waals surface area contributed by atoms with E-state index in [-0.39, 0.29) is 30.8 Å². The molecule has 1 aromatic heterocycles. The minimum absolute atomic E-state index is 0.198. The van der Waals surface area contributed by atoms with Crippen molar-refractivity contribution in [1.82, 2.24) is 14.5 Å². The average Bonchev–Trinajstić information content (AvgIpc) is 3.32. The van der Waals surface area contributed by atoms with Crippen molar-refractivity contribution in [1.29, 1.82) is 0 Å². The van der Waals surface area contributed by atoms with E-state index < -0.39 is 5.91 Å². The van der Waals surface area contributed by atoms with E-state index in [1.807, 2.05) is 43.3 Å². The third kappa shape index (κ3) is 6.10. The lowest BCUT2D eigenvalue weighted by molar-refractivity contribution is -0.116. The van der Waals surface area contributed by atoms with Crippen LogP contribution in [0.4, 0.5) is 10.3 Å². The summed E-state index contributed by atoms with van der Waals surface area (Å²) in [6, 6.07) is 20.3. The molecule has 0 aliphatic heterocycles. The van der Waals surface area contributed by atoms with Crippen LogP contribution in [-0.4, -0.2) is 46.5 Å². The van der Waals surface area contributed by atoms with E-state index in [0.29, 0.717) is 22.7 Å². The van der Waals surface area contributed by atoms with Gasteiger partial charge in [-0.1, -0.05) is 23.8 Å². The molecular formula is C29H27FN4O3. The number of imidazole rings is 1. The molecule has 3 aromatic carbocycles. The largest absolute Gasteiger partial charge is 0.497 e. The number of aromatic nitrogens is 2. The van der Waals surface area contributed by atoms with E-state index in [9.17, 15) is 14.0 Å². The maximum atomic E-state index is 13.6. The van der Waals surface area contributed by atoms with Gasteiger partial charge in [0, 0.05) is 29.6 Å². The lowest BCUT2D eigenvalue weighted by Gasteiger charge is -2.21. The highest BCUT2D eigenvalue weighted by atomic mass is 19.1. The Labute approximate surface area is 214 Å². The minimum atomic E-state index is -0.433. The fraction of sp³-hybridized carbons (Fsp3) is 0.138. The van der Waals surface area contributed by atoms with Crippen molar-refractivity contribution < 1.29 is 18.7 Å². The number of amides is 2. The third-order valence-electron chi connectivity index (χ3n) is 5.72. The Bertz CT molecular complexity index is 1390. The predicted molar refractivity (Wildman–Crippen MR) is 141 cm³/mol. The SMILES string of the molecule is C=CCN(CC(=O)Nc1nc(-c2ccc(OC)cc2)cn1-c1ccc(F)cc1)C(=O)c1ccc(C)cc1. The number of hydrogen-bond donors (Lipinski definition) is 1. The Morgan fingerprint density at radius 1 is 1.05 bits per heavy atom. The van der Waals surface area contributed by atoms with Crippen LogP contribution < -0.4 is 10.1 Å². The first-order valence-electron chi connectivity index (χ1n) is 11.6. The van der Waals surface area contributed by atoms with Gasteiger partial charge in [-0.05, 0) is 67.6 Å². The second kappa shape index (κ2) is 11.3. The van der Waals surface area contributed by atoms with Crippen molar-refractivity contribution in [2.45, 2.75) is 6.92 Å². The molecule has 0 atom stereocenters. The van der Waals surface area contributed by atoms with Gasteiger partial charge in [0.25, 0.3) is 5.91 Å². The summed E-state index contributed by atoms with van der Waals surface area (Å²) in [5, 5.41) is 2.81. The molecule has 2 amide bonds. The molecule has 1 N–H and O–H groups in total. The number of carbonyl (C=O) groups excluding carboxylic acids is 2. The molecule has 0 bridgehead atoms. The zero-order valence-corrected chi connectivity index (χ0v) is 20.6. The maximum Gasteiger partial charge on any atom is 0.254 e. The smallest absolute Gasteiger partial charge is 0.254 e. The summed E-state index contributed by atoms with van der Waals surface area (Å²) in [4.78, 5) is 32.1. The number of methoxy groups -OCH3 is 1. The number of nitrogens with zero attached hydrogens (tertiary/aromatic N) is 3. The first-order valence-corrected chi connectivity index (χ1v) is 11.6. The summed E-state index contributed by atoms with van der Waals surface area (Å²) < 4.78 is 20.4. The molecule has 0 saturated heterocycles. The van der Waals surface area contributed by atoms with Crippen LogP contribution in [0, 0.1) is 12.7 Å². The Kier molecular flexibility index (Phi) is 7.78.